The average molecular weight is 427 g/mol. The maximum Gasteiger partial charge on any atom is 0.217 e. The number of ether oxygens (including phenoxy) is 1. The van der Waals surface area contributed by atoms with Crippen LogP contribution in [0.2, 0.25) is 0 Å². The van der Waals surface area contributed by atoms with Crippen molar-refractivity contribution in [2.45, 2.75) is 94.9 Å². The van der Waals surface area contributed by atoms with E-state index >= 15 is 0 Å². The number of rotatable bonds is 5. The van der Waals surface area contributed by atoms with Crippen molar-refractivity contribution < 1.29 is 13.2 Å². The second-order valence-electron chi connectivity index (χ2n) is 10.2. The maximum absolute atomic E-state index is 13.7. The Labute approximate surface area is 178 Å². The number of nitrogens with zero attached hydrogens (tertiary/aromatic N) is 2. The van der Waals surface area contributed by atoms with E-state index in [9.17, 15) is 8.42 Å². The van der Waals surface area contributed by atoms with Crippen molar-refractivity contribution in [1.29, 1.82) is 0 Å². The zero-order chi connectivity index (χ0) is 20.4. The highest BCUT2D eigenvalue weighted by atomic mass is 32.2. The molecule has 4 rings (SSSR count). The standard InChI is InChI=1S/C23H42N2O3S/c1-18-10-6-7-13-22(18)29(26,27)24-14-8-9-15-25-20(16-24)23(21(25)17-28-2)19-11-4-3-5-12-19/h18-23H,3-17H2,1-2H3/t18?,20?,21-,22?,23+/m1/s1. The summed E-state index contributed by atoms with van der Waals surface area (Å²) in [5, 5.41) is -0.160. The molecule has 0 amide bonds. The largest absolute Gasteiger partial charge is 0.383 e. The molecule has 5 nitrogen and oxygen atoms in total. The van der Waals surface area contributed by atoms with Crippen LogP contribution in [0.5, 0.6) is 0 Å². The fraction of sp³-hybridized carbons (Fsp3) is 1.00. The predicted molar refractivity (Wildman–Crippen MR) is 117 cm³/mol. The van der Waals surface area contributed by atoms with E-state index in [2.05, 4.69) is 11.8 Å². The highest BCUT2D eigenvalue weighted by molar-refractivity contribution is 7.89. The van der Waals surface area contributed by atoms with Gasteiger partial charge in [-0.3, -0.25) is 4.90 Å². The smallest absolute Gasteiger partial charge is 0.217 e. The third kappa shape index (κ3) is 4.42. The van der Waals surface area contributed by atoms with E-state index in [-0.39, 0.29) is 5.25 Å². The van der Waals surface area contributed by atoms with Gasteiger partial charge in [0.05, 0.1) is 11.9 Å². The van der Waals surface area contributed by atoms with Gasteiger partial charge in [-0.25, -0.2) is 12.7 Å². The van der Waals surface area contributed by atoms with Crippen LogP contribution in [0.1, 0.15) is 77.6 Å². The highest BCUT2D eigenvalue weighted by Crippen LogP contribution is 2.45. The van der Waals surface area contributed by atoms with Crippen molar-refractivity contribution in [3.8, 4) is 0 Å². The summed E-state index contributed by atoms with van der Waals surface area (Å²) in [6, 6.07) is 0.886. The van der Waals surface area contributed by atoms with Gasteiger partial charge < -0.3 is 4.74 Å². The van der Waals surface area contributed by atoms with Crippen LogP contribution in [-0.2, 0) is 14.8 Å². The molecule has 5 atom stereocenters. The van der Waals surface area contributed by atoms with Crippen molar-refractivity contribution in [3.05, 3.63) is 0 Å². The molecule has 2 aliphatic carbocycles. The van der Waals surface area contributed by atoms with Crippen molar-refractivity contribution in [1.82, 2.24) is 9.21 Å². The fourth-order valence-corrected chi connectivity index (χ4v) is 9.27. The lowest BCUT2D eigenvalue weighted by Crippen LogP contribution is -2.71. The first-order chi connectivity index (χ1) is 14.0. The lowest BCUT2D eigenvalue weighted by atomic mass is 9.66. The SMILES string of the molecule is COC[C@@H]1[C@@H](C2CCCCC2)C2CN(S(=O)(=O)C3CCCCC3C)CCCCN21. The molecule has 2 aliphatic heterocycles. The summed E-state index contributed by atoms with van der Waals surface area (Å²) in [5.41, 5.74) is 0. The van der Waals surface area contributed by atoms with Crippen LogP contribution >= 0.6 is 0 Å². The molecule has 0 aromatic heterocycles. The zero-order valence-electron chi connectivity index (χ0n) is 18.6. The van der Waals surface area contributed by atoms with Gasteiger partial charge in [0.15, 0.2) is 0 Å². The summed E-state index contributed by atoms with van der Waals surface area (Å²) in [4.78, 5) is 2.61. The van der Waals surface area contributed by atoms with Gasteiger partial charge >= 0.3 is 0 Å². The van der Waals surface area contributed by atoms with Crippen LogP contribution < -0.4 is 0 Å². The number of methoxy groups -OCH3 is 1. The topological polar surface area (TPSA) is 49.9 Å². The predicted octanol–water partition coefficient (Wildman–Crippen LogP) is 3.89. The van der Waals surface area contributed by atoms with Crippen LogP contribution in [0, 0.1) is 17.8 Å². The molecule has 0 N–H and O–H groups in total. The number of fused-ring (bicyclic) bond motifs is 1. The molecule has 2 saturated carbocycles. The van der Waals surface area contributed by atoms with Crippen molar-refractivity contribution in [2.24, 2.45) is 17.8 Å². The molecule has 4 aliphatic rings. The summed E-state index contributed by atoms with van der Waals surface area (Å²) in [6.07, 6.45) is 12.9. The van der Waals surface area contributed by atoms with Gasteiger partial charge in [-0.1, -0.05) is 51.9 Å². The second-order valence-corrected chi connectivity index (χ2v) is 12.4. The Bertz CT molecular complexity index is 634. The first-order valence-corrected chi connectivity index (χ1v) is 13.8. The van der Waals surface area contributed by atoms with E-state index in [4.69, 9.17) is 4.74 Å². The first kappa shape index (κ1) is 22.0. The summed E-state index contributed by atoms with van der Waals surface area (Å²) in [7, 11) is -1.39. The quantitative estimate of drug-likeness (QED) is 0.669. The molecule has 0 spiro atoms. The molecular formula is C23H42N2O3S. The minimum Gasteiger partial charge on any atom is -0.383 e. The molecule has 0 aromatic rings. The Morgan fingerprint density at radius 3 is 2.31 bits per heavy atom. The molecular weight excluding hydrogens is 384 g/mol. The van der Waals surface area contributed by atoms with Crippen molar-refractivity contribution in [3.63, 3.8) is 0 Å². The van der Waals surface area contributed by atoms with Gasteiger partial charge in [0.1, 0.15) is 0 Å². The Morgan fingerprint density at radius 2 is 1.59 bits per heavy atom. The lowest BCUT2D eigenvalue weighted by Gasteiger charge is -2.60. The second kappa shape index (κ2) is 9.54. The van der Waals surface area contributed by atoms with Gasteiger partial charge in [-0.05, 0) is 50.0 Å². The van der Waals surface area contributed by atoms with E-state index in [1.54, 1.807) is 0 Å². The van der Waals surface area contributed by atoms with Crippen LogP contribution in [-0.4, -0.2) is 68.3 Å². The third-order valence-electron chi connectivity index (χ3n) is 8.51. The maximum atomic E-state index is 13.7. The number of sulfonamides is 1. The van der Waals surface area contributed by atoms with E-state index < -0.39 is 10.0 Å². The van der Waals surface area contributed by atoms with Crippen LogP contribution in [0.3, 0.4) is 0 Å². The van der Waals surface area contributed by atoms with Crippen LogP contribution in [0.25, 0.3) is 0 Å². The van der Waals surface area contributed by atoms with Gasteiger partial charge in [-0.2, -0.15) is 0 Å². The van der Waals surface area contributed by atoms with Crippen molar-refractivity contribution in [2.75, 3.05) is 33.4 Å². The van der Waals surface area contributed by atoms with Gasteiger partial charge in [0.25, 0.3) is 0 Å². The van der Waals surface area contributed by atoms with Crippen LogP contribution in [0.4, 0.5) is 0 Å². The molecule has 2 heterocycles. The monoisotopic (exact) mass is 426 g/mol. The Morgan fingerprint density at radius 1 is 0.897 bits per heavy atom. The summed E-state index contributed by atoms with van der Waals surface area (Å²) in [6.45, 7) is 5.50. The van der Waals surface area contributed by atoms with Gasteiger partial charge in [0, 0.05) is 32.3 Å². The van der Waals surface area contributed by atoms with E-state index in [1.165, 1.54) is 38.5 Å². The summed E-state index contributed by atoms with van der Waals surface area (Å²) >= 11 is 0. The molecule has 0 aromatic carbocycles. The molecule has 3 unspecified atom stereocenters. The van der Waals surface area contributed by atoms with E-state index in [0.717, 1.165) is 57.7 Å². The number of hydrogen-bond acceptors (Lipinski definition) is 4. The van der Waals surface area contributed by atoms with Crippen LogP contribution in [0.15, 0.2) is 0 Å². The highest BCUT2D eigenvalue weighted by Gasteiger charge is 2.53. The lowest BCUT2D eigenvalue weighted by molar-refractivity contribution is -0.125. The summed E-state index contributed by atoms with van der Waals surface area (Å²) < 4.78 is 34.9. The molecule has 0 bridgehead atoms. The average Bonchev–Trinajstić information content (AvgIpc) is 2.70. The fourth-order valence-electron chi connectivity index (χ4n) is 6.96. The zero-order valence-corrected chi connectivity index (χ0v) is 19.4. The van der Waals surface area contributed by atoms with E-state index in [1.807, 2.05) is 11.4 Å². The van der Waals surface area contributed by atoms with Crippen molar-refractivity contribution >= 4 is 10.0 Å². The first-order valence-electron chi connectivity index (χ1n) is 12.3. The molecule has 6 heteroatoms. The third-order valence-corrected chi connectivity index (χ3v) is 11.0. The van der Waals surface area contributed by atoms with E-state index in [0.29, 0.717) is 30.5 Å². The normalized spacial score (nSPS) is 38.6. The molecule has 4 fully saturated rings. The van der Waals surface area contributed by atoms with Gasteiger partial charge in [-0.15, -0.1) is 0 Å². The Balaban J connectivity index is 1.54. The summed E-state index contributed by atoms with van der Waals surface area (Å²) in [5.74, 6) is 1.66. The number of hydrogen-bond donors (Lipinski definition) is 0. The minimum absolute atomic E-state index is 0.160. The Hall–Kier alpha value is -0.170. The molecule has 168 valence electrons. The Kier molecular flexibility index (Phi) is 7.25. The minimum atomic E-state index is -3.20. The molecule has 2 saturated heterocycles. The van der Waals surface area contributed by atoms with Gasteiger partial charge in [0.2, 0.25) is 10.0 Å². The molecule has 29 heavy (non-hydrogen) atoms. The molecule has 0 radical (unpaired) electrons.